The van der Waals surface area contributed by atoms with Crippen LogP contribution in [0.25, 0.3) is 10.1 Å². The third kappa shape index (κ3) is 5.13. The second kappa shape index (κ2) is 10.4. The van der Waals surface area contributed by atoms with Crippen molar-refractivity contribution in [2.45, 2.75) is 42.6 Å². The van der Waals surface area contributed by atoms with Crippen molar-refractivity contribution in [2.24, 2.45) is 0 Å². The van der Waals surface area contributed by atoms with E-state index in [1.165, 1.54) is 15.6 Å². The molecular weight excluding hydrogens is 566 g/mol. The number of nitrogens with zero attached hydrogens (tertiary/aromatic N) is 4. The van der Waals surface area contributed by atoms with Crippen molar-refractivity contribution in [3.8, 4) is 0 Å². The Morgan fingerprint density at radius 1 is 1.26 bits per heavy atom. The maximum atomic E-state index is 13.7. The number of thiophene rings is 1. The molecule has 0 aliphatic carbocycles. The quantitative estimate of drug-likeness (QED) is 0.462. The molecule has 5 heterocycles. The van der Waals surface area contributed by atoms with E-state index in [0.29, 0.717) is 49.9 Å². The highest BCUT2D eigenvalue weighted by atomic mass is 35.5. The van der Waals surface area contributed by atoms with Crippen LogP contribution < -0.4 is 5.32 Å². The molecule has 2 unspecified atom stereocenters. The number of halogens is 1. The zero-order valence-electron chi connectivity index (χ0n) is 21.3. The molecule has 2 saturated heterocycles. The van der Waals surface area contributed by atoms with Gasteiger partial charge >= 0.3 is 12.0 Å². The largest absolute Gasteiger partial charge is 0.448 e. The van der Waals surface area contributed by atoms with E-state index in [4.69, 9.17) is 20.8 Å². The zero-order chi connectivity index (χ0) is 27.3. The highest BCUT2D eigenvalue weighted by Crippen LogP contribution is 2.34. The molecule has 0 radical (unpaired) electrons. The Bertz CT molecular complexity index is 1540. The van der Waals surface area contributed by atoms with Crippen LogP contribution in [0.1, 0.15) is 35.5 Å². The molecule has 2 aromatic heterocycles. The SMILES string of the molecule is CC1Cc2nc(C(=O)N3CCN(S(=O)(=O)c4cc5ccc(Cl)cc5s4)CC3CCN3CCOC3=O)oc2CN1. The molecule has 1 N–H and O–H groups in total. The molecule has 2 atom stereocenters. The summed E-state index contributed by atoms with van der Waals surface area (Å²) in [6, 6.07) is 6.69. The van der Waals surface area contributed by atoms with Gasteiger partial charge in [0.2, 0.25) is 0 Å². The lowest BCUT2D eigenvalue weighted by Crippen LogP contribution is -2.57. The van der Waals surface area contributed by atoms with Crippen LogP contribution in [0.15, 0.2) is 32.9 Å². The number of piperazine rings is 1. The van der Waals surface area contributed by atoms with Gasteiger partial charge in [-0.2, -0.15) is 4.31 Å². The number of fused-ring (bicyclic) bond motifs is 2. The summed E-state index contributed by atoms with van der Waals surface area (Å²) < 4.78 is 40.7. The minimum Gasteiger partial charge on any atom is -0.448 e. The predicted octanol–water partition coefficient (Wildman–Crippen LogP) is 2.93. The number of ether oxygens (including phenoxy) is 1. The molecule has 0 saturated carbocycles. The summed E-state index contributed by atoms with van der Waals surface area (Å²) in [5, 5.41) is 4.64. The highest BCUT2D eigenvalue weighted by molar-refractivity contribution is 7.91. The summed E-state index contributed by atoms with van der Waals surface area (Å²) in [4.78, 5) is 33.3. The summed E-state index contributed by atoms with van der Waals surface area (Å²) in [5.41, 5.74) is 0.770. The monoisotopic (exact) mass is 593 g/mol. The number of hydrogen-bond donors (Lipinski definition) is 1. The molecule has 208 valence electrons. The van der Waals surface area contributed by atoms with Gasteiger partial charge < -0.3 is 24.3 Å². The Morgan fingerprint density at radius 3 is 2.90 bits per heavy atom. The zero-order valence-corrected chi connectivity index (χ0v) is 23.6. The molecule has 1 aromatic carbocycles. The van der Waals surface area contributed by atoms with Gasteiger partial charge in [0.1, 0.15) is 16.6 Å². The van der Waals surface area contributed by atoms with E-state index < -0.39 is 22.2 Å². The number of amides is 2. The molecule has 0 bridgehead atoms. The van der Waals surface area contributed by atoms with Gasteiger partial charge in [-0.1, -0.05) is 17.7 Å². The minimum atomic E-state index is -3.82. The molecule has 6 rings (SSSR count). The molecule has 2 amide bonds. The average molecular weight is 594 g/mol. The number of nitrogens with one attached hydrogen (secondary N) is 1. The van der Waals surface area contributed by atoms with Crippen LogP contribution in [0, 0.1) is 0 Å². The van der Waals surface area contributed by atoms with Crippen LogP contribution in [-0.2, 0) is 27.7 Å². The van der Waals surface area contributed by atoms with Gasteiger partial charge in [-0.3, -0.25) is 4.79 Å². The molecule has 3 aliphatic heterocycles. The summed E-state index contributed by atoms with van der Waals surface area (Å²) >= 11 is 7.27. The highest BCUT2D eigenvalue weighted by Gasteiger charge is 2.39. The predicted molar refractivity (Wildman–Crippen MR) is 144 cm³/mol. The van der Waals surface area contributed by atoms with E-state index in [0.717, 1.165) is 15.8 Å². The maximum absolute atomic E-state index is 13.7. The van der Waals surface area contributed by atoms with Crippen molar-refractivity contribution in [1.82, 2.24) is 24.4 Å². The number of aromatic nitrogens is 1. The Balaban J connectivity index is 1.25. The fourth-order valence-electron chi connectivity index (χ4n) is 5.25. The molecule has 11 nitrogen and oxygen atoms in total. The Kier molecular flexibility index (Phi) is 7.04. The molecule has 14 heteroatoms. The lowest BCUT2D eigenvalue weighted by atomic mass is 10.1. The Hall–Kier alpha value is -2.71. The van der Waals surface area contributed by atoms with Gasteiger partial charge in [-0.05, 0) is 36.9 Å². The first-order valence-electron chi connectivity index (χ1n) is 12.8. The van der Waals surface area contributed by atoms with Gasteiger partial charge in [-0.15, -0.1) is 11.3 Å². The van der Waals surface area contributed by atoms with Crippen LogP contribution in [-0.4, -0.2) is 90.9 Å². The number of sulfonamides is 1. The number of hydrogen-bond acceptors (Lipinski definition) is 9. The molecule has 3 aromatic rings. The van der Waals surface area contributed by atoms with Crippen LogP contribution >= 0.6 is 22.9 Å². The van der Waals surface area contributed by atoms with E-state index in [9.17, 15) is 18.0 Å². The Labute approximate surface area is 234 Å². The van der Waals surface area contributed by atoms with Crippen LogP contribution in [0.2, 0.25) is 5.02 Å². The number of oxazole rings is 1. The van der Waals surface area contributed by atoms with Crippen molar-refractivity contribution < 1.29 is 27.2 Å². The lowest BCUT2D eigenvalue weighted by molar-refractivity contribution is 0.0498. The van der Waals surface area contributed by atoms with E-state index in [2.05, 4.69) is 10.3 Å². The number of carbonyl (C=O) groups is 2. The van der Waals surface area contributed by atoms with E-state index >= 15 is 0 Å². The van der Waals surface area contributed by atoms with Crippen molar-refractivity contribution in [1.29, 1.82) is 0 Å². The molecule has 39 heavy (non-hydrogen) atoms. The first-order chi connectivity index (χ1) is 18.7. The number of cyclic esters (lactones) is 1. The lowest BCUT2D eigenvalue weighted by Gasteiger charge is -2.40. The molecule has 0 spiro atoms. The van der Waals surface area contributed by atoms with Gasteiger partial charge in [0.15, 0.2) is 0 Å². The molecule has 3 aliphatic rings. The van der Waals surface area contributed by atoms with Crippen LogP contribution in [0.5, 0.6) is 0 Å². The summed E-state index contributed by atoms with van der Waals surface area (Å²) in [6.45, 7) is 4.06. The fourth-order valence-corrected chi connectivity index (χ4v) is 8.55. The van der Waals surface area contributed by atoms with E-state index in [1.54, 1.807) is 34.1 Å². The second-order valence-corrected chi connectivity index (χ2v) is 13.7. The van der Waals surface area contributed by atoms with Crippen molar-refractivity contribution in [3.05, 3.63) is 46.6 Å². The maximum Gasteiger partial charge on any atom is 0.409 e. The van der Waals surface area contributed by atoms with Gasteiger partial charge in [0, 0.05) is 54.4 Å². The third-order valence-electron chi connectivity index (χ3n) is 7.41. The average Bonchev–Trinajstić information content (AvgIpc) is 3.64. The van der Waals surface area contributed by atoms with Crippen molar-refractivity contribution in [2.75, 3.05) is 39.3 Å². The van der Waals surface area contributed by atoms with Crippen LogP contribution in [0.3, 0.4) is 0 Å². The molecule has 2 fully saturated rings. The van der Waals surface area contributed by atoms with Crippen molar-refractivity contribution in [3.63, 3.8) is 0 Å². The number of rotatable bonds is 6. The number of benzene rings is 1. The summed E-state index contributed by atoms with van der Waals surface area (Å²) in [5.74, 6) is 0.290. The number of carbonyl (C=O) groups excluding carboxylic acids is 2. The third-order valence-corrected chi connectivity index (χ3v) is 11.1. The minimum absolute atomic E-state index is 0.0131. The summed E-state index contributed by atoms with van der Waals surface area (Å²) in [7, 11) is -3.82. The Morgan fingerprint density at radius 2 is 2.10 bits per heavy atom. The second-order valence-electron chi connectivity index (χ2n) is 10.0. The van der Waals surface area contributed by atoms with Gasteiger partial charge in [-0.25, -0.2) is 18.2 Å². The standard InChI is InChI=1S/C25H28ClN5O6S2/c1-15-10-19-20(13-27-15)37-23(28-19)24(32)31-7-6-30(14-18(31)4-5-29-8-9-36-25(29)33)39(34,35)22-11-16-2-3-17(26)12-21(16)38-22/h2-3,11-12,15,18,27H,4-10,13-14H2,1H3. The first kappa shape index (κ1) is 26.5. The topological polar surface area (TPSA) is 125 Å². The smallest absolute Gasteiger partial charge is 0.409 e. The van der Waals surface area contributed by atoms with Gasteiger partial charge in [0.25, 0.3) is 15.9 Å². The van der Waals surface area contributed by atoms with E-state index in [-0.39, 0.29) is 41.7 Å². The molecular formula is C25H28ClN5O6S2. The van der Waals surface area contributed by atoms with E-state index in [1.807, 2.05) is 6.92 Å². The van der Waals surface area contributed by atoms with Crippen molar-refractivity contribution >= 4 is 55.0 Å². The fraction of sp³-hybridized carbons (Fsp3) is 0.480. The summed E-state index contributed by atoms with van der Waals surface area (Å²) in [6.07, 6.45) is 0.645. The first-order valence-corrected chi connectivity index (χ1v) is 15.5. The van der Waals surface area contributed by atoms with Gasteiger partial charge in [0.05, 0.1) is 18.8 Å². The normalized spacial score (nSPS) is 22.4. The van der Waals surface area contributed by atoms with Crippen LogP contribution in [0.4, 0.5) is 4.79 Å².